The molecule has 1 fully saturated rings. The first kappa shape index (κ1) is 9.72. The highest BCUT2D eigenvalue weighted by Gasteiger charge is 2.39. The Labute approximate surface area is 75.3 Å². The summed E-state index contributed by atoms with van der Waals surface area (Å²) in [5, 5.41) is 0. The summed E-state index contributed by atoms with van der Waals surface area (Å²) >= 11 is 0. The fourth-order valence-corrected chi connectivity index (χ4v) is 1.19. The highest BCUT2D eigenvalue weighted by molar-refractivity contribution is 5.94. The van der Waals surface area contributed by atoms with Gasteiger partial charge in [-0.05, 0) is 6.42 Å². The molecule has 0 aromatic rings. The lowest BCUT2D eigenvalue weighted by Gasteiger charge is -2.08. The van der Waals surface area contributed by atoms with Crippen LogP contribution in [0, 0.1) is 18.3 Å². The van der Waals surface area contributed by atoms with Crippen molar-refractivity contribution in [3.63, 3.8) is 0 Å². The summed E-state index contributed by atoms with van der Waals surface area (Å²) in [4.78, 5) is 21.4. The number of rotatable bonds is 3. The van der Waals surface area contributed by atoms with E-state index in [2.05, 4.69) is 10.7 Å². The number of ether oxygens (including phenoxy) is 1. The van der Waals surface area contributed by atoms with Crippen LogP contribution in [0.5, 0.6) is 0 Å². The molecule has 1 heterocycles. The molecule has 1 aliphatic heterocycles. The SMILES string of the molecule is C#CCCC(F)C1CC(=O)OC1=O. The third kappa shape index (κ3) is 2.28. The molecule has 0 aliphatic carbocycles. The van der Waals surface area contributed by atoms with E-state index in [1.807, 2.05) is 0 Å². The van der Waals surface area contributed by atoms with Crippen molar-refractivity contribution in [2.45, 2.75) is 25.4 Å². The van der Waals surface area contributed by atoms with Gasteiger partial charge in [0.15, 0.2) is 0 Å². The van der Waals surface area contributed by atoms with E-state index >= 15 is 0 Å². The van der Waals surface area contributed by atoms with Crippen molar-refractivity contribution in [2.24, 2.45) is 5.92 Å². The van der Waals surface area contributed by atoms with Gasteiger partial charge in [-0.1, -0.05) is 0 Å². The van der Waals surface area contributed by atoms with Gasteiger partial charge in [0.25, 0.3) is 0 Å². The van der Waals surface area contributed by atoms with Gasteiger partial charge >= 0.3 is 11.9 Å². The van der Waals surface area contributed by atoms with Gasteiger partial charge in [-0.3, -0.25) is 9.59 Å². The number of esters is 2. The first-order valence-corrected chi connectivity index (χ1v) is 3.97. The largest absolute Gasteiger partial charge is 0.393 e. The van der Waals surface area contributed by atoms with E-state index in [9.17, 15) is 14.0 Å². The fraction of sp³-hybridized carbons (Fsp3) is 0.556. The van der Waals surface area contributed by atoms with Crippen LogP contribution in [-0.2, 0) is 14.3 Å². The van der Waals surface area contributed by atoms with Crippen molar-refractivity contribution in [3.8, 4) is 12.3 Å². The summed E-state index contributed by atoms with van der Waals surface area (Å²) in [5.74, 6) is -0.0958. The van der Waals surface area contributed by atoms with Crippen LogP contribution in [0.3, 0.4) is 0 Å². The van der Waals surface area contributed by atoms with Crippen LogP contribution in [-0.4, -0.2) is 18.1 Å². The van der Waals surface area contributed by atoms with Crippen molar-refractivity contribution in [1.82, 2.24) is 0 Å². The van der Waals surface area contributed by atoms with Crippen molar-refractivity contribution in [1.29, 1.82) is 0 Å². The van der Waals surface area contributed by atoms with Crippen LogP contribution in [0.4, 0.5) is 4.39 Å². The molecule has 13 heavy (non-hydrogen) atoms. The molecular formula is C9H9FO3. The molecule has 1 aliphatic rings. The minimum atomic E-state index is -1.37. The Balaban J connectivity index is 2.48. The van der Waals surface area contributed by atoms with Crippen molar-refractivity contribution in [2.75, 3.05) is 0 Å². The van der Waals surface area contributed by atoms with Crippen LogP contribution in [0.25, 0.3) is 0 Å². The second kappa shape index (κ2) is 4.04. The predicted molar refractivity (Wildman–Crippen MR) is 42.2 cm³/mol. The van der Waals surface area contributed by atoms with Crippen LogP contribution < -0.4 is 0 Å². The molecule has 1 rings (SSSR count). The van der Waals surface area contributed by atoms with E-state index in [-0.39, 0.29) is 19.3 Å². The van der Waals surface area contributed by atoms with E-state index in [1.165, 1.54) is 0 Å². The lowest BCUT2D eigenvalue weighted by atomic mass is 9.98. The molecule has 0 aromatic carbocycles. The molecule has 4 heteroatoms. The van der Waals surface area contributed by atoms with Crippen LogP contribution in [0.15, 0.2) is 0 Å². The molecule has 2 atom stereocenters. The lowest BCUT2D eigenvalue weighted by Crippen LogP contribution is -2.20. The minimum absolute atomic E-state index is 0.101. The number of carbonyl (C=O) groups excluding carboxylic acids is 2. The molecule has 0 saturated carbocycles. The molecule has 0 amide bonds. The second-order valence-corrected chi connectivity index (χ2v) is 2.86. The molecule has 1 saturated heterocycles. The van der Waals surface area contributed by atoms with Gasteiger partial charge in [0.2, 0.25) is 0 Å². The number of alkyl halides is 1. The minimum Gasteiger partial charge on any atom is -0.393 e. The molecule has 0 bridgehead atoms. The summed E-state index contributed by atoms with van der Waals surface area (Å²) in [6.07, 6.45) is 3.77. The second-order valence-electron chi connectivity index (χ2n) is 2.86. The molecule has 0 spiro atoms. The van der Waals surface area contributed by atoms with E-state index in [1.54, 1.807) is 0 Å². The average Bonchev–Trinajstić information content (AvgIpc) is 2.41. The third-order valence-corrected chi connectivity index (χ3v) is 1.90. The van der Waals surface area contributed by atoms with Crippen LogP contribution >= 0.6 is 0 Å². The van der Waals surface area contributed by atoms with E-state index < -0.39 is 24.0 Å². The molecule has 2 unspecified atom stereocenters. The highest BCUT2D eigenvalue weighted by Crippen LogP contribution is 2.24. The predicted octanol–water partition coefficient (Wildman–Crippen LogP) is 0.828. The Bertz CT molecular complexity index is 267. The van der Waals surface area contributed by atoms with Gasteiger partial charge in [-0.25, -0.2) is 4.39 Å². The lowest BCUT2D eigenvalue weighted by molar-refractivity contribution is -0.153. The number of halogens is 1. The van der Waals surface area contributed by atoms with Gasteiger partial charge in [-0.15, -0.1) is 12.3 Å². The van der Waals surface area contributed by atoms with Crippen molar-refractivity contribution in [3.05, 3.63) is 0 Å². The first-order chi connectivity index (χ1) is 6.15. The Hall–Kier alpha value is -1.37. The summed E-state index contributed by atoms with van der Waals surface area (Å²) < 4.78 is 17.4. The summed E-state index contributed by atoms with van der Waals surface area (Å²) in [6, 6.07) is 0. The molecule has 0 aromatic heterocycles. The van der Waals surface area contributed by atoms with E-state index in [0.717, 1.165) is 0 Å². The number of terminal acetylenes is 1. The van der Waals surface area contributed by atoms with Crippen LogP contribution in [0.1, 0.15) is 19.3 Å². The quantitative estimate of drug-likeness (QED) is 0.370. The normalized spacial score (nSPS) is 23.8. The summed E-state index contributed by atoms with van der Waals surface area (Å²) in [7, 11) is 0. The Morgan fingerprint density at radius 1 is 1.69 bits per heavy atom. The Morgan fingerprint density at radius 2 is 2.38 bits per heavy atom. The number of cyclic esters (lactones) is 2. The van der Waals surface area contributed by atoms with Crippen molar-refractivity contribution < 1.29 is 18.7 Å². The Morgan fingerprint density at radius 3 is 2.85 bits per heavy atom. The molecular weight excluding hydrogens is 175 g/mol. The maximum Gasteiger partial charge on any atom is 0.320 e. The topological polar surface area (TPSA) is 43.4 Å². The number of carbonyl (C=O) groups is 2. The van der Waals surface area contributed by atoms with Crippen molar-refractivity contribution >= 4 is 11.9 Å². The molecule has 3 nitrogen and oxygen atoms in total. The van der Waals surface area contributed by atoms with Gasteiger partial charge in [0.05, 0.1) is 12.3 Å². The van der Waals surface area contributed by atoms with Gasteiger partial charge in [0, 0.05) is 6.42 Å². The summed E-state index contributed by atoms with van der Waals surface area (Å²) in [6.45, 7) is 0. The smallest absolute Gasteiger partial charge is 0.320 e. The van der Waals surface area contributed by atoms with Crippen LogP contribution in [0.2, 0.25) is 0 Å². The zero-order chi connectivity index (χ0) is 9.84. The first-order valence-electron chi connectivity index (χ1n) is 3.97. The van der Waals surface area contributed by atoms with Gasteiger partial charge in [-0.2, -0.15) is 0 Å². The number of hydrogen-bond donors (Lipinski definition) is 0. The van der Waals surface area contributed by atoms with Gasteiger partial charge in [0.1, 0.15) is 6.17 Å². The third-order valence-electron chi connectivity index (χ3n) is 1.90. The molecule has 70 valence electrons. The fourth-order valence-electron chi connectivity index (χ4n) is 1.19. The maximum atomic E-state index is 13.2. The molecule has 0 N–H and O–H groups in total. The monoisotopic (exact) mass is 184 g/mol. The highest BCUT2D eigenvalue weighted by atomic mass is 19.1. The number of hydrogen-bond acceptors (Lipinski definition) is 3. The Kier molecular flexibility index (Phi) is 3.02. The van der Waals surface area contributed by atoms with E-state index in [4.69, 9.17) is 6.42 Å². The zero-order valence-electron chi connectivity index (χ0n) is 6.96. The average molecular weight is 184 g/mol. The molecule has 0 radical (unpaired) electrons. The van der Waals surface area contributed by atoms with Gasteiger partial charge < -0.3 is 4.74 Å². The van der Waals surface area contributed by atoms with E-state index in [0.29, 0.717) is 0 Å². The zero-order valence-corrected chi connectivity index (χ0v) is 6.96. The standard InChI is InChI=1S/C9H9FO3/c1-2-3-4-7(10)6-5-8(11)13-9(6)12/h1,6-7H,3-5H2. The summed E-state index contributed by atoms with van der Waals surface area (Å²) in [5.41, 5.74) is 0. The maximum absolute atomic E-state index is 13.2.